The van der Waals surface area contributed by atoms with Gasteiger partial charge in [0, 0.05) is 11.8 Å². The first kappa shape index (κ1) is 17.4. The van der Waals surface area contributed by atoms with E-state index in [4.69, 9.17) is 21.1 Å². The lowest BCUT2D eigenvalue weighted by Crippen LogP contribution is -2.26. The molecule has 0 unspecified atom stereocenters. The minimum Gasteiger partial charge on any atom is -0.489 e. The minimum absolute atomic E-state index is 0.0559. The smallest absolute Gasteiger partial charge is 0.357 e. The number of rotatable bonds is 3. The summed E-state index contributed by atoms with van der Waals surface area (Å²) >= 11 is 6.30. The van der Waals surface area contributed by atoms with Crippen LogP contribution in [0.4, 0.5) is 0 Å². The third kappa shape index (κ3) is 3.21. The molecule has 0 radical (unpaired) electrons. The Hall–Kier alpha value is -3.06. The van der Waals surface area contributed by atoms with E-state index in [9.17, 15) is 14.7 Å². The standard InChI is InChI=1S/C19H15ClN2O5/c20-14-8-11(9-15-17(14)27-7-3-6-26-15)10-22-18(23)13-5-2-1-4-12(13)16(21-22)19(24)25/h1-2,4-5,8-9H,3,6-7,10H2,(H,24,25). The van der Waals surface area contributed by atoms with Crippen LogP contribution in [0, 0.1) is 0 Å². The van der Waals surface area contributed by atoms with Crippen molar-refractivity contribution in [2.24, 2.45) is 0 Å². The number of carbonyl (C=O) groups is 1. The fourth-order valence-electron chi connectivity index (χ4n) is 3.05. The van der Waals surface area contributed by atoms with Gasteiger partial charge in [-0.25, -0.2) is 9.48 Å². The van der Waals surface area contributed by atoms with Crippen LogP contribution in [0.2, 0.25) is 5.02 Å². The molecule has 1 aliphatic rings. The Balaban J connectivity index is 1.81. The largest absolute Gasteiger partial charge is 0.489 e. The summed E-state index contributed by atoms with van der Waals surface area (Å²) in [5.74, 6) is -0.220. The van der Waals surface area contributed by atoms with Crippen LogP contribution in [0.1, 0.15) is 22.5 Å². The molecule has 4 rings (SSSR count). The van der Waals surface area contributed by atoms with Crippen molar-refractivity contribution in [1.29, 1.82) is 0 Å². The second-order valence-corrected chi connectivity index (χ2v) is 6.52. The van der Waals surface area contributed by atoms with E-state index in [1.807, 2.05) is 0 Å². The van der Waals surface area contributed by atoms with Gasteiger partial charge >= 0.3 is 5.97 Å². The van der Waals surface area contributed by atoms with Crippen molar-refractivity contribution in [2.45, 2.75) is 13.0 Å². The van der Waals surface area contributed by atoms with Gasteiger partial charge in [0.2, 0.25) is 0 Å². The second-order valence-electron chi connectivity index (χ2n) is 6.12. The van der Waals surface area contributed by atoms with E-state index in [1.54, 1.807) is 36.4 Å². The van der Waals surface area contributed by atoms with Gasteiger partial charge in [-0.05, 0) is 23.8 Å². The van der Waals surface area contributed by atoms with Gasteiger partial charge in [-0.15, -0.1) is 0 Å². The Morgan fingerprint density at radius 2 is 1.93 bits per heavy atom. The van der Waals surface area contributed by atoms with E-state index in [0.717, 1.165) is 11.1 Å². The summed E-state index contributed by atoms with van der Waals surface area (Å²) in [5.41, 5.74) is 0.106. The molecule has 0 fully saturated rings. The Labute approximate surface area is 158 Å². The number of hydrogen-bond acceptors (Lipinski definition) is 5. The highest BCUT2D eigenvalue weighted by Gasteiger charge is 2.18. The number of aromatic nitrogens is 2. The van der Waals surface area contributed by atoms with Crippen molar-refractivity contribution < 1.29 is 19.4 Å². The molecule has 27 heavy (non-hydrogen) atoms. The molecule has 0 aliphatic carbocycles. The molecule has 8 heteroatoms. The van der Waals surface area contributed by atoms with Crippen molar-refractivity contribution in [3.8, 4) is 11.5 Å². The maximum Gasteiger partial charge on any atom is 0.357 e. The van der Waals surface area contributed by atoms with E-state index < -0.39 is 5.97 Å². The molecule has 1 aromatic heterocycles. The number of nitrogens with zero attached hydrogens (tertiary/aromatic N) is 2. The first-order valence-corrected chi connectivity index (χ1v) is 8.73. The summed E-state index contributed by atoms with van der Waals surface area (Å²) in [4.78, 5) is 24.3. The molecule has 2 heterocycles. The summed E-state index contributed by atoms with van der Waals surface area (Å²) in [6.07, 6.45) is 0.744. The Kier molecular flexibility index (Phi) is 4.45. The summed E-state index contributed by atoms with van der Waals surface area (Å²) < 4.78 is 12.4. The Bertz CT molecular complexity index is 1110. The third-order valence-electron chi connectivity index (χ3n) is 4.26. The first-order chi connectivity index (χ1) is 13.0. The summed E-state index contributed by atoms with van der Waals surface area (Å²) in [6.45, 7) is 1.07. The average molecular weight is 387 g/mol. The van der Waals surface area contributed by atoms with E-state index in [0.29, 0.717) is 46.1 Å². The topological polar surface area (TPSA) is 90.7 Å². The molecule has 2 aromatic carbocycles. The maximum absolute atomic E-state index is 12.8. The number of fused-ring (bicyclic) bond motifs is 2. The number of carboxylic acids is 1. The van der Waals surface area contributed by atoms with Gasteiger partial charge in [-0.2, -0.15) is 5.10 Å². The van der Waals surface area contributed by atoms with Crippen LogP contribution in [-0.2, 0) is 6.54 Å². The van der Waals surface area contributed by atoms with Crippen molar-refractivity contribution in [1.82, 2.24) is 9.78 Å². The second kappa shape index (κ2) is 6.92. The van der Waals surface area contributed by atoms with E-state index in [-0.39, 0.29) is 17.8 Å². The molecule has 0 spiro atoms. The highest BCUT2D eigenvalue weighted by molar-refractivity contribution is 6.32. The zero-order valence-corrected chi connectivity index (χ0v) is 14.9. The number of aromatic carboxylic acids is 1. The van der Waals surface area contributed by atoms with Crippen molar-refractivity contribution >= 4 is 28.3 Å². The predicted octanol–water partition coefficient (Wildman–Crippen LogP) is 2.96. The van der Waals surface area contributed by atoms with Crippen LogP contribution in [-0.4, -0.2) is 34.1 Å². The zero-order valence-electron chi connectivity index (χ0n) is 14.1. The van der Waals surface area contributed by atoms with Gasteiger partial charge in [0.1, 0.15) is 0 Å². The number of ether oxygens (including phenoxy) is 2. The molecule has 7 nitrogen and oxygen atoms in total. The lowest BCUT2D eigenvalue weighted by atomic mass is 10.1. The van der Waals surface area contributed by atoms with E-state index in [1.165, 1.54) is 0 Å². The number of benzene rings is 2. The Morgan fingerprint density at radius 3 is 2.70 bits per heavy atom. The van der Waals surface area contributed by atoms with Crippen LogP contribution in [0.25, 0.3) is 10.8 Å². The molecule has 0 amide bonds. The third-order valence-corrected chi connectivity index (χ3v) is 4.55. The van der Waals surface area contributed by atoms with Gasteiger partial charge in [-0.3, -0.25) is 4.79 Å². The van der Waals surface area contributed by atoms with Crippen molar-refractivity contribution in [3.05, 3.63) is 63.0 Å². The highest BCUT2D eigenvalue weighted by Crippen LogP contribution is 2.38. The van der Waals surface area contributed by atoms with Gasteiger partial charge in [-0.1, -0.05) is 29.8 Å². The molecule has 0 saturated heterocycles. The molecule has 0 atom stereocenters. The van der Waals surface area contributed by atoms with Crippen LogP contribution < -0.4 is 15.0 Å². The monoisotopic (exact) mass is 386 g/mol. The highest BCUT2D eigenvalue weighted by atomic mass is 35.5. The van der Waals surface area contributed by atoms with Gasteiger partial charge < -0.3 is 14.6 Å². The normalized spacial score (nSPS) is 13.4. The quantitative estimate of drug-likeness (QED) is 0.744. The van der Waals surface area contributed by atoms with Gasteiger partial charge in [0.25, 0.3) is 5.56 Å². The molecule has 1 N–H and O–H groups in total. The lowest BCUT2D eigenvalue weighted by Gasteiger charge is -2.13. The lowest BCUT2D eigenvalue weighted by molar-refractivity contribution is 0.0690. The molecule has 0 saturated carbocycles. The summed E-state index contributed by atoms with van der Waals surface area (Å²) in [5, 5.41) is 14.5. The average Bonchev–Trinajstić information content (AvgIpc) is 2.90. The van der Waals surface area contributed by atoms with Crippen molar-refractivity contribution in [2.75, 3.05) is 13.2 Å². The fourth-order valence-corrected chi connectivity index (χ4v) is 3.34. The predicted molar refractivity (Wildman–Crippen MR) is 99.1 cm³/mol. The molecule has 3 aromatic rings. The number of halogens is 1. The zero-order chi connectivity index (χ0) is 19.0. The van der Waals surface area contributed by atoms with Crippen LogP contribution in [0.15, 0.2) is 41.2 Å². The summed E-state index contributed by atoms with van der Waals surface area (Å²) in [7, 11) is 0. The van der Waals surface area contributed by atoms with Crippen molar-refractivity contribution in [3.63, 3.8) is 0 Å². The van der Waals surface area contributed by atoms with Gasteiger partial charge in [0.05, 0.1) is 30.2 Å². The molecular formula is C19H15ClN2O5. The van der Waals surface area contributed by atoms with Crippen LogP contribution in [0.5, 0.6) is 11.5 Å². The molecule has 138 valence electrons. The van der Waals surface area contributed by atoms with Gasteiger partial charge in [0.15, 0.2) is 17.2 Å². The molecule has 1 aliphatic heterocycles. The Morgan fingerprint density at radius 1 is 1.19 bits per heavy atom. The minimum atomic E-state index is -1.20. The maximum atomic E-state index is 12.8. The molecular weight excluding hydrogens is 372 g/mol. The number of hydrogen-bond donors (Lipinski definition) is 1. The SMILES string of the molecule is O=C(O)c1nn(Cc2cc(Cl)c3c(c2)OCCCO3)c(=O)c2ccccc12. The van der Waals surface area contributed by atoms with Crippen LogP contribution in [0.3, 0.4) is 0 Å². The summed E-state index contributed by atoms with van der Waals surface area (Å²) in [6, 6.07) is 9.91. The fraction of sp³-hybridized carbons (Fsp3) is 0.211. The molecule has 0 bridgehead atoms. The van der Waals surface area contributed by atoms with Crippen LogP contribution >= 0.6 is 11.6 Å². The van der Waals surface area contributed by atoms with E-state index >= 15 is 0 Å². The van der Waals surface area contributed by atoms with E-state index in [2.05, 4.69) is 5.10 Å². The number of carboxylic acid groups (broad SMARTS) is 1. The first-order valence-electron chi connectivity index (χ1n) is 8.36.